The zero-order chi connectivity index (χ0) is 12.1. The summed E-state index contributed by atoms with van der Waals surface area (Å²) in [4.78, 5) is 24.1. The van der Waals surface area contributed by atoms with Crippen LogP contribution in [0.2, 0.25) is 0 Å². The summed E-state index contributed by atoms with van der Waals surface area (Å²) in [5, 5.41) is 4.68. The van der Waals surface area contributed by atoms with Gasteiger partial charge < -0.3 is 5.32 Å². The maximum absolute atomic E-state index is 11.8. The number of amides is 1. The Balaban J connectivity index is 1.90. The highest BCUT2D eigenvalue weighted by molar-refractivity contribution is 7.13. The van der Waals surface area contributed by atoms with Crippen LogP contribution in [0.5, 0.6) is 0 Å². The summed E-state index contributed by atoms with van der Waals surface area (Å²) in [6, 6.07) is 3.67. The first-order valence-corrected chi connectivity index (χ1v) is 7.04. The first-order valence-electron chi connectivity index (χ1n) is 6.16. The molecule has 0 spiro atoms. The molecule has 1 fully saturated rings. The van der Waals surface area contributed by atoms with Gasteiger partial charge in [-0.3, -0.25) is 9.59 Å². The van der Waals surface area contributed by atoms with Gasteiger partial charge in [-0.1, -0.05) is 31.7 Å². The molecule has 1 aromatic heterocycles. The van der Waals surface area contributed by atoms with E-state index < -0.39 is 11.7 Å². The van der Waals surface area contributed by atoms with Crippen molar-refractivity contribution in [2.45, 2.75) is 44.6 Å². The summed E-state index contributed by atoms with van der Waals surface area (Å²) >= 11 is 1.32. The van der Waals surface area contributed by atoms with Gasteiger partial charge in [-0.15, -0.1) is 11.3 Å². The van der Waals surface area contributed by atoms with Gasteiger partial charge in [0.2, 0.25) is 0 Å². The van der Waals surface area contributed by atoms with Gasteiger partial charge in [-0.05, 0) is 24.3 Å². The fourth-order valence-electron chi connectivity index (χ4n) is 2.19. The zero-order valence-corrected chi connectivity index (χ0v) is 10.6. The third-order valence-electron chi connectivity index (χ3n) is 3.14. The van der Waals surface area contributed by atoms with Crippen molar-refractivity contribution in [3.63, 3.8) is 0 Å². The molecule has 0 radical (unpaired) electrons. The van der Waals surface area contributed by atoms with Crippen LogP contribution in [0.15, 0.2) is 17.5 Å². The van der Waals surface area contributed by atoms with Crippen LogP contribution in [0.4, 0.5) is 0 Å². The molecule has 0 bridgehead atoms. The van der Waals surface area contributed by atoms with E-state index in [0.29, 0.717) is 4.88 Å². The molecule has 0 atom stereocenters. The number of hydrogen-bond acceptors (Lipinski definition) is 3. The molecule has 1 aliphatic carbocycles. The molecule has 0 saturated heterocycles. The lowest BCUT2D eigenvalue weighted by molar-refractivity contribution is -0.117. The number of carbonyl (C=O) groups excluding carboxylic acids is 2. The number of hydrogen-bond donors (Lipinski definition) is 1. The summed E-state index contributed by atoms with van der Waals surface area (Å²) in [5.74, 6) is -0.844. The minimum atomic E-state index is -0.445. The highest BCUT2D eigenvalue weighted by atomic mass is 32.1. The minimum Gasteiger partial charge on any atom is -0.346 e. The third-order valence-corrected chi connectivity index (χ3v) is 4.01. The molecule has 3 nitrogen and oxygen atoms in total. The zero-order valence-electron chi connectivity index (χ0n) is 9.78. The molecular formula is C13H17NO2S. The first-order chi connectivity index (χ1) is 8.27. The second-order valence-corrected chi connectivity index (χ2v) is 5.42. The van der Waals surface area contributed by atoms with Crippen molar-refractivity contribution in [2.24, 2.45) is 0 Å². The largest absolute Gasteiger partial charge is 0.346 e. The second-order valence-electron chi connectivity index (χ2n) is 4.47. The Morgan fingerprint density at radius 1 is 1.18 bits per heavy atom. The Hall–Kier alpha value is -1.16. The van der Waals surface area contributed by atoms with Crippen molar-refractivity contribution in [1.82, 2.24) is 5.32 Å². The molecule has 1 aliphatic rings. The van der Waals surface area contributed by atoms with Crippen molar-refractivity contribution in [3.05, 3.63) is 22.4 Å². The van der Waals surface area contributed by atoms with Crippen LogP contribution in [0.1, 0.15) is 48.2 Å². The topological polar surface area (TPSA) is 46.2 Å². The van der Waals surface area contributed by atoms with E-state index in [1.807, 2.05) is 5.38 Å². The number of Topliss-reactive ketones (excluding diaryl/α,β-unsaturated/α-hetero) is 1. The van der Waals surface area contributed by atoms with Crippen molar-refractivity contribution < 1.29 is 9.59 Å². The maximum atomic E-state index is 11.8. The quantitative estimate of drug-likeness (QED) is 0.510. The molecule has 1 amide bonds. The summed E-state index contributed by atoms with van der Waals surface area (Å²) in [6.07, 6.45) is 6.79. The lowest BCUT2D eigenvalue weighted by Crippen LogP contribution is -2.38. The Labute approximate surface area is 105 Å². The van der Waals surface area contributed by atoms with Gasteiger partial charge in [0, 0.05) is 6.04 Å². The van der Waals surface area contributed by atoms with Crippen LogP contribution in [0.3, 0.4) is 0 Å². The van der Waals surface area contributed by atoms with Crippen LogP contribution in [-0.4, -0.2) is 17.7 Å². The SMILES string of the molecule is O=C(NC1CCCCCC1)C(=O)c1cccs1. The first kappa shape index (κ1) is 12.3. The van der Waals surface area contributed by atoms with E-state index in [4.69, 9.17) is 0 Å². The lowest BCUT2D eigenvalue weighted by atomic mass is 10.1. The number of thiophene rings is 1. The van der Waals surface area contributed by atoms with Crippen LogP contribution < -0.4 is 5.32 Å². The Bertz CT molecular complexity index is 378. The maximum Gasteiger partial charge on any atom is 0.293 e. The van der Waals surface area contributed by atoms with Gasteiger partial charge in [-0.2, -0.15) is 0 Å². The van der Waals surface area contributed by atoms with Crippen LogP contribution in [0, 0.1) is 0 Å². The molecule has 1 aromatic rings. The minimum absolute atomic E-state index is 0.189. The Morgan fingerprint density at radius 3 is 2.47 bits per heavy atom. The van der Waals surface area contributed by atoms with Gasteiger partial charge in [-0.25, -0.2) is 0 Å². The van der Waals surface area contributed by atoms with E-state index in [9.17, 15) is 9.59 Å². The monoisotopic (exact) mass is 251 g/mol. The van der Waals surface area contributed by atoms with Crippen molar-refractivity contribution in [1.29, 1.82) is 0 Å². The molecule has 0 aliphatic heterocycles. The van der Waals surface area contributed by atoms with Gasteiger partial charge in [0.25, 0.3) is 11.7 Å². The molecule has 17 heavy (non-hydrogen) atoms. The van der Waals surface area contributed by atoms with Crippen LogP contribution >= 0.6 is 11.3 Å². The number of nitrogens with one attached hydrogen (secondary N) is 1. The highest BCUT2D eigenvalue weighted by Gasteiger charge is 2.21. The molecule has 0 aromatic carbocycles. The molecule has 2 rings (SSSR count). The number of rotatable bonds is 3. The highest BCUT2D eigenvalue weighted by Crippen LogP contribution is 2.17. The van der Waals surface area contributed by atoms with Gasteiger partial charge >= 0.3 is 0 Å². The number of ketones is 1. The molecule has 92 valence electrons. The predicted molar refractivity (Wildman–Crippen MR) is 68.3 cm³/mol. The van der Waals surface area contributed by atoms with E-state index in [0.717, 1.165) is 25.7 Å². The predicted octanol–water partition coefficient (Wildman–Crippen LogP) is 2.77. The molecule has 4 heteroatoms. The second kappa shape index (κ2) is 5.96. The van der Waals surface area contributed by atoms with Gasteiger partial charge in [0.05, 0.1) is 4.88 Å². The van der Waals surface area contributed by atoms with Gasteiger partial charge in [0.1, 0.15) is 0 Å². The van der Waals surface area contributed by atoms with Crippen molar-refractivity contribution in [3.8, 4) is 0 Å². The van der Waals surface area contributed by atoms with Crippen LogP contribution in [0.25, 0.3) is 0 Å². The summed E-state index contributed by atoms with van der Waals surface area (Å²) in [7, 11) is 0. The molecular weight excluding hydrogens is 234 g/mol. The fraction of sp³-hybridized carbons (Fsp3) is 0.538. The van der Waals surface area contributed by atoms with E-state index in [2.05, 4.69) is 5.32 Å². The molecule has 0 unspecified atom stereocenters. The molecule has 1 N–H and O–H groups in total. The molecule has 1 saturated carbocycles. The molecule has 1 heterocycles. The van der Waals surface area contributed by atoms with E-state index in [-0.39, 0.29) is 6.04 Å². The van der Waals surface area contributed by atoms with Gasteiger partial charge in [0.15, 0.2) is 0 Å². The summed E-state index contributed by atoms with van der Waals surface area (Å²) in [5.41, 5.74) is 0. The van der Waals surface area contributed by atoms with Crippen molar-refractivity contribution in [2.75, 3.05) is 0 Å². The Morgan fingerprint density at radius 2 is 1.88 bits per heavy atom. The van der Waals surface area contributed by atoms with E-state index >= 15 is 0 Å². The smallest absolute Gasteiger partial charge is 0.293 e. The normalized spacial score (nSPS) is 17.4. The third kappa shape index (κ3) is 3.40. The fourth-order valence-corrected chi connectivity index (χ4v) is 2.85. The van der Waals surface area contributed by atoms with Crippen molar-refractivity contribution >= 4 is 23.0 Å². The summed E-state index contributed by atoms with van der Waals surface area (Å²) < 4.78 is 0. The average Bonchev–Trinajstić information content (AvgIpc) is 2.74. The summed E-state index contributed by atoms with van der Waals surface area (Å²) in [6.45, 7) is 0. The average molecular weight is 251 g/mol. The standard InChI is InChI=1S/C13H17NO2S/c15-12(11-8-5-9-17-11)13(16)14-10-6-3-1-2-4-7-10/h5,8-10H,1-4,6-7H2,(H,14,16). The van der Waals surface area contributed by atoms with E-state index in [1.54, 1.807) is 12.1 Å². The lowest BCUT2D eigenvalue weighted by Gasteiger charge is -2.15. The Kier molecular flexibility index (Phi) is 4.31. The van der Waals surface area contributed by atoms with Crippen LogP contribution in [-0.2, 0) is 4.79 Å². The van der Waals surface area contributed by atoms with E-state index in [1.165, 1.54) is 24.2 Å². The number of carbonyl (C=O) groups is 2.